The molecule has 0 aromatic heterocycles. The molecule has 0 spiro atoms. The van der Waals surface area contributed by atoms with Crippen molar-refractivity contribution in [1.29, 1.82) is 0 Å². The molecule has 0 bridgehead atoms. The molecule has 19 heavy (non-hydrogen) atoms. The predicted octanol–water partition coefficient (Wildman–Crippen LogP) is 1.49. The lowest BCUT2D eigenvalue weighted by molar-refractivity contribution is -0.143. The number of allylic oxidation sites excluding steroid dienone is 1. The SMILES string of the molecule is C=C1CC/C=C(/CO)CC[C@H]2C(=C)C(=O)O[C@@H]2[C@@H]1O. The fourth-order valence-electron chi connectivity index (χ4n) is 2.68. The van der Waals surface area contributed by atoms with Crippen LogP contribution in [-0.2, 0) is 9.53 Å². The van der Waals surface area contributed by atoms with Crippen LogP contribution in [0.5, 0.6) is 0 Å². The van der Waals surface area contributed by atoms with Gasteiger partial charge < -0.3 is 14.9 Å². The van der Waals surface area contributed by atoms with Crippen LogP contribution in [0, 0.1) is 5.92 Å². The molecule has 2 N–H and O–H groups in total. The second-order valence-corrected chi connectivity index (χ2v) is 5.20. The van der Waals surface area contributed by atoms with Crippen molar-refractivity contribution in [3.8, 4) is 0 Å². The van der Waals surface area contributed by atoms with Crippen LogP contribution in [0.4, 0.5) is 0 Å². The number of ether oxygens (including phenoxy) is 1. The first kappa shape index (κ1) is 14.0. The summed E-state index contributed by atoms with van der Waals surface area (Å²) in [6, 6.07) is 0. The highest BCUT2D eigenvalue weighted by molar-refractivity contribution is 5.90. The highest BCUT2D eigenvalue weighted by Gasteiger charge is 2.43. The lowest BCUT2D eigenvalue weighted by Gasteiger charge is -2.25. The molecule has 0 aromatic rings. The standard InChI is InChI=1S/C15H20O4/c1-9-4-3-5-11(8-16)6-7-12-10(2)15(18)19-14(12)13(9)17/h5,12-14,16-17H,1-4,6-8H2/b11-5+/t12-,13+,14-/m0/s1. The Balaban J connectivity index is 2.25. The van der Waals surface area contributed by atoms with Crippen molar-refractivity contribution in [2.24, 2.45) is 5.92 Å². The Morgan fingerprint density at radius 1 is 1.37 bits per heavy atom. The minimum absolute atomic E-state index is 0.0215. The normalized spacial score (nSPS) is 35.4. The van der Waals surface area contributed by atoms with Gasteiger partial charge in [0.25, 0.3) is 0 Å². The van der Waals surface area contributed by atoms with Crippen molar-refractivity contribution in [2.75, 3.05) is 6.61 Å². The number of carbonyl (C=O) groups excluding carboxylic acids is 1. The lowest BCUT2D eigenvalue weighted by Crippen LogP contribution is -2.33. The Kier molecular flexibility index (Phi) is 4.22. The molecule has 1 fully saturated rings. The number of rotatable bonds is 1. The molecule has 1 aliphatic carbocycles. The van der Waals surface area contributed by atoms with Crippen molar-refractivity contribution in [1.82, 2.24) is 0 Å². The van der Waals surface area contributed by atoms with Gasteiger partial charge in [0.15, 0.2) is 0 Å². The van der Waals surface area contributed by atoms with E-state index in [0.717, 1.165) is 12.0 Å². The van der Waals surface area contributed by atoms with Crippen LogP contribution in [0.1, 0.15) is 25.7 Å². The molecule has 1 saturated heterocycles. The predicted molar refractivity (Wildman–Crippen MR) is 71.3 cm³/mol. The smallest absolute Gasteiger partial charge is 0.334 e. The van der Waals surface area contributed by atoms with E-state index in [1.807, 2.05) is 6.08 Å². The highest BCUT2D eigenvalue weighted by atomic mass is 16.6. The van der Waals surface area contributed by atoms with E-state index < -0.39 is 18.2 Å². The molecule has 0 radical (unpaired) electrons. The van der Waals surface area contributed by atoms with Gasteiger partial charge in [0.2, 0.25) is 0 Å². The number of esters is 1. The first-order valence-corrected chi connectivity index (χ1v) is 6.59. The maximum absolute atomic E-state index is 11.6. The van der Waals surface area contributed by atoms with Gasteiger partial charge in [-0.25, -0.2) is 4.79 Å². The summed E-state index contributed by atoms with van der Waals surface area (Å²) in [6.45, 7) is 7.65. The Bertz CT molecular complexity index is 435. The molecule has 2 aliphatic rings. The quantitative estimate of drug-likeness (QED) is 0.428. The molecule has 1 heterocycles. The van der Waals surface area contributed by atoms with Gasteiger partial charge in [-0.2, -0.15) is 0 Å². The van der Waals surface area contributed by atoms with Gasteiger partial charge in [-0.05, 0) is 36.8 Å². The van der Waals surface area contributed by atoms with E-state index in [1.54, 1.807) is 0 Å². The zero-order valence-corrected chi connectivity index (χ0v) is 11.0. The number of aliphatic hydroxyl groups is 2. The summed E-state index contributed by atoms with van der Waals surface area (Å²) in [5.74, 6) is -0.636. The van der Waals surface area contributed by atoms with Gasteiger partial charge in [-0.3, -0.25) is 0 Å². The maximum Gasteiger partial charge on any atom is 0.334 e. The number of aliphatic hydroxyl groups excluding tert-OH is 2. The van der Waals surface area contributed by atoms with E-state index in [2.05, 4.69) is 13.2 Å². The number of hydrogen-bond donors (Lipinski definition) is 2. The topological polar surface area (TPSA) is 66.8 Å². The van der Waals surface area contributed by atoms with Crippen molar-refractivity contribution in [2.45, 2.75) is 37.9 Å². The summed E-state index contributed by atoms with van der Waals surface area (Å²) < 4.78 is 5.23. The van der Waals surface area contributed by atoms with E-state index in [-0.39, 0.29) is 12.5 Å². The van der Waals surface area contributed by atoms with E-state index in [0.29, 0.717) is 30.4 Å². The van der Waals surface area contributed by atoms with Gasteiger partial charge in [-0.1, -0.05) is 19.2 Å². The Hall–Kier alpha value is -1.39. The van der Waals surface area contributed by atoms with E-state index in [4.69, 9.17) is 4.74 Å². The van der Waals surface area contributed by atoms with Crippen molar-refractivity contribution >= 4 is 5.97 Å². The molecule has 3 atom stereocenters. The maximum atomic E-state index is 11.6. The van der Waals surface area contributed by atoms with E-state index >= 15 is 0 Å². The summed E-state index contributed by atoms with van der Waals surface area (Å²) in [5, 5.41) is 19.5. The number of hydrogen-bond acceptors (Lipinski definition) is 4. The molecule has 4 heteroatoms. The average Bonchev–Trinajstić information content (AvgIpc) is 2.68. The first-order chi connectivity index (χ1) is 9.04. The van der Waals surface area contributed by atoms with Gasteiger partial charge in [0.05, 0.1) is 6.61 Å². The molecule has 104 valence electrons. The number of carbonyl (C=O) groups is 1. The summed E-state index contributed by atoms with van der Waals surface area (Å²) in [5.41, 5.74) is 2.03. The van der Waals surface area contributed by atoms with Gasteiger partial charge in [-0.15, -0.1) is 0 Å². The summed E-state index contributed by atoms with van der Waals surface area (Å²) in [4.78, 5) is 11.6. The van der Waals surface area contributed by atoms with Gasteiger partial charge >= 0.3 is 5.97 Å². The van der Waals surface area contributed by atoms with Crippen molar-refractivity contribution in [3.05, 3.63) is 36.0 Å². The van der Waals surface area contributed by atoms with Crippen LogP contribution in [0.25, 0.3) is 0 Å². The molecule has 4 nitrogen and oxygen atoms in total. The molecule has 1 aliphatic heterocycles. The molecule has 0 unspecified atom stereocenters. The minimum atomic E-state index is -0.836. The third kappa shape index (κ3) is 2.80. The van der Waals surface area contributed by atoms with Crippen LogP contribution in [0.15, 0.2) is 36.0 Å². The third-order valence-electron chi connectivity index (χ3n) is 3.96. The molecular weight excluding hydrogens is 244 g/mol. The summed E-state index contributed by atoms with van der Waals surface area (Å²) >= 11 is 0. The van der Waals surface area contributed by atoms with Crippen LogP contribution >= 0.6 is 0 Å². The summed E-state index contributed by atoms with van der Waals surface area (Å²) in [6.07, 6.45) is 3.26. The Morgan fingerprint density at radius 3 is 2.79 bits per heavy atom. The number of fused-ring (bicyclic) bond motifs is 1. The molecule has 0 aromatic carbocycles. The summed E-state index contributed by atoms with van der Waals surface area (Å²) in [7, 11) is 0. The monoisotopic (exact) mass is 264 g/mol. The molecule has 2 rings (SSSR count). The first-order valence-electron chi connectivity index (χ1n) is 6.59. The molecule has 0 amide bonds. The molecular formula is C15H20O4. The largest absolute Gasteiger partial charge is 0.455 e. The van der Waals surface area contributed by atoms with Gasteiger partial charge in [0.1, 0.15) is 12.2 Å². The fourth-order valence-corrected chi connectivity index (χ4v) is 2.68. The Labute approximate surface area is 113 Å². The second kappa shape index (κ2) is 5.72. The van der Waals surface area contributed by atoms with Gasteiger partial charge in [0, 0.05) is 11.5 Å². The Morgan fingerprint density at radius 2 is 2.11 bits per heavy atom. The van der Waals surface area contributed by atoms with Crippen LogP contribution in [0.3, 0.4) is 0 Å². The third-order valence-corrected chi connectivity index (χ3v) is 3.96. The van der Waals surface area contributed by atoms with Crippen LogP contribution in [-0.4, -0.2) is 35.0 Å². The second-order valence-electron chi connectivity index (χ2n) is 5.20. The lowest BCUT2D eigenvalue weighted by atomic mass is 9.84. The van der Waals surface area contributed by atoms with Crippen LogP contribution < -0.4 is 0 Å². The van der Waals surface area contributed by atoms with Crippen LogP contribution in [0.2, 0.25) is 0 Å². The zero-order valence-electron chi connectivity index (χ0n) is 11.0. The average molecular weight is 264 g/mol. The molecule has 0 saturated carbocycles. The van der Waals surface area contributed by atoms with Crippen molar-refractivity contribution in [3.63, 3.8) is 0 Å². The fraction of sp³-hybridized carbons (Fsp3) is 0.533. The highest BCUT2D eigenvalue weighted by Crippen LogP contribution is 2.36. The van der Waals surface area contributed by atoms with Crippen molar-refractivity contribution < 1.29 is 19.7 Å². The van der Waals surface area contributed by atoms with E-state index in [1.165, 1.54) is 0 Å². The van der Waals surface area contributed by atoms with E-state index in [9.17, 15) is 15.0 Å². The minimum Gasteiger partial charge on any atom is -0.455 e. The zero-order chi connectivity index (χ0) is 14.0.